The molecule has 2 heteroatoms. The smallest absolute Gasteiger partial charge is 0.133 e. The molecule has 1 aliphatic rings. The van der Waals surface area contributed by atoms with Crippen LogP contribution in [0.25, 0.3) is 0 Å². The van der Waals surface area contributed by atoms with Crippen molar-refractivity contribution < 1.29 is 9.84 Å². The summed E-state index contributed by atoms with van der Waals surface area (Å²) < 4.78 is 5.98. The van der Waals surface area contributed by atoms with E-state index < -0.39 is 6.10 Å². The van der Waals surface area contributed by atoms with Crippen molar-refractivity contribution in [2.45, 2.75) is 38.7 Å². The highest BCUT2D eigenvalue weighted by Crippen LogP contribution is 2.32. The van der Waals surface area contributed by atoms with Crippen molar-refractivity contribution in [3.8, 4) is 11.5 Å². The van der Waals surface area contributed by atoms with E-state index in [2.05, 4.69) is 12.1 Å². The van der Waals surface area contributed by atoms with E-state index in [1.807, 2.05) is 30.3 Å². The van der Waals surface area contributed by atoms with Crippen molar-refractivity contribution in [2.24, 2.45) is 0 Å². The van der Waals surface area contributed by atoms with Gasteiger partial charge in [-0.15, -0.1) is 0 Å². The van der Waals surface area contributed by atoms with Crippen molar-refractivity contribution in [3.05, 3.63) is 59.2 Å². The number of aliphatic hydroxyl groups excluding tert-OH is 1. The van der Waals surface area contributed by atoms with E-state index >= 15 is 0 Å². The minimum atomic E-state index is -0.524. The molecule has 20 heavy (non-hydrogen) atoms. The summed E-state index contributed by atoms with van der Waals surface area (Å²) in [4.78, 5) is 0. The maximum absolute atomic E-state index is 9.79. The Hall–Kier alpha value is -1.80. The summed E-state index contributed by atoms with van der Waals surface area (Å²) in [6, 6.07) is 14.0. The highest BCUT2D eigenvalue weighted by Gasteiger charge is 2.12. The number of rotatable bonds is 3. The minimum absolute atomic E-state index is 0.524. The molecule has 2 aromatic carbocycles. The Morgan fingerprint density at radius 2 is 1.75 bits per heavy atom. The monoisotopic (exact) mass is 268 g/mol. The van der Waals surface area contributed by atoms with E-state index in [0.29, 0.717) is 0 Å². The number of benzene rings is 2. The van der Waals surface area contributed by atoms with Crippen molar-refractivity contribution in [2.75, 3.05) is 0 Å². The summed E-state index contributed by atoms with van der Waals surface area (Å²) in [5.74, 6) is 1.59. The van der Waals surface area contributed by atoms with Crippen LogP contribution in [0.15, 0.2) is 42.5 Å². The fraction of sp³-hybridized carbons (Fsp3) is 0.333. The van der Waals surface area contributed by atoms with E-state index in [4.69, 9.17) is 4.74 Å². The molecule has 0 aliphatic heterocycles. The van der Waals surface area contributed by atoms with Gasteiger partial charge in [0.05, 0.1) is 6.10 Å². The van der Waals surface area contributed by atoms with E-state index in [0.717, 1.165) is 23.5 Å². The summed E-state index contributed by atoms with van der Waals surface area (Å²) in [6.07, 6.45) is 4.35. The number of para-hydroxylation sites is 1. The number of ether oxygens (including phenoxy) is 1. The first kappa shape index (κ1) is 13.2. The SMILES string of the molecule is C[C@@H](O)c1ccccc1Oc1ccc2c(c1)CCCC2. The number of hydrogen-bond acceptors (Lipinski definition) is 2. The van der Waals surface area contributed by atoms with Crippen LogP contribution in [0.3, 0.4) is 0 Å². The molecular weight excluding hydrogens is 248 g/mol. The highest BCUT2D eigenvalue weighted by atomic mass is 16.5. The van der Waals surface area contributed by atoms with Crippen LogP contribution in [0, 0.1) is 0 Å². The standard InChI is InChI=1S/C18H20O2/c1-13(19)17-8-4-5-9-18(17)20-16-11-10-14-6-2-3-7-15(14)12-16/h4-5,8-13,19H,2-3,6-7H2,1H3/t13-/m1/s1. The lowest BCUT2D eigenvalue weighted by molar-refractivity contribution is 0.195. The molecule has 104 valence electrons. The maximum Gasteiger partial charge on any atom is 0.133 e. The second kappa shape index (κ2) is 5.68. The maximum atomic E-state index is 9.79. The zero-order valence-electron chi connectivity index (χ0n) is 11.8. The molecule has 3 rings (SSSR count). The molecule has 1 N–H and O–H groups in total. The highest BCUT2D eigenvalue weighted by molar-refractivity contribution is 5.42. The molecule has 0 radical (unpaired) electrons. The molecule has 0 heterocycles. The quantitative estimate of drug-likeness (QED) is 0.893. The van der Waals surface area contributed by atoms with Crippen LogP contribution in [0.5, 0.6) is 11.5 Å². The third-order valence-corrected chi connectivity index (χ3v) is 3.92. The Balaban J connectivity index is 1.88. The predicted octanol–water partition coefficient (Wildman–Crippen LogP) is 4.41. The van der Waals surface area contributed by atoms with Gasteiger partial charge in [0.15, 0.2) is 0 Å². The Kier molecular flexibility index (Phi) is 3.75. The van der Waals surface area contributed by atoms with E-state index in [-0.39, 0.29) is 0 Å². The van der Waals surface area contributed by atoms with Gasteiger partial charge >= 0.3 is 0 Å². The average molecular weight is 268 g/mol. The largest absolute Gasteiger partial charge is 0.457 e. The van der Waals surface area contributed by atoms with Crippen LogP contribution in [-0.2, 0) is 12.8 Å². The second-order valence-electron chi connectivity index (χ2n) is 5.45. The van der Waals surface area contributed by atoms with Gasteiger partial charge in [0, 0.05) is 5.56 Å². The predicted molar refractivity (Wildman–Crippen MR) is 80.2 cm³/mol. The Morgan fingerprint density at radius 3 is 2.55 bits per heavy atom. The lowest BCUT2D eigenvalue weighted by Crippen LogP contribution is -2.02. The normalized spacial score (nSPS) is 15.5. The average Bonchev–Trinajstić information content (AvgIpc) is 2.47. The number of aryl methyl sites for hydroxylation is 2. The van der Waals surface area contributed by atoms with Crippen LogP contribution < -0.4 is 4.74 Å². The summed E-state index contributed by atoms with van der Waals surface area (Å²) >= 11 is 0. The second-order valence-corrected chi connectivity index (χ2v) is 5.45. The van der Waals surface area contributed by atoms with Gasteiger partial charge in [-0.3, -0.25) is 0 Å². The van der Waals surface area contributed by atoms with Gasteiger partial charge in [0.2, 0.25) is 0 Å². The van der Waals surface area contributed by atoms with Crippen LogP contribution in [-0.4, -0.2) is 5.11 Å². The van der Waals surface area contributed by atoms with Gasteiger partial charge in [-0.2, -0.15) is 0 Å². The minimum Gasteiger partial charge on any atom is -0.457 e. The zero-order chi connectivity index (χ0) is 13.9. The first-order valence-corrected chi connectivity index (χ1v) is 7.30. The third kappa shape index (κ3) is 2.70. The van der Waals surface area contributed by atoms with E-state index in [1.165, 1.54) is 30.4 Å². The molecule has 0 aromatic heterocycles. The molecule has 0 saturated heterocycles. The summed E-state index contributed by atoms with van der Waals surface area (Å²) in [6.45, 7) is 1.76. The van der Waals surface area contributed by atoms with Crippen LogP contribution in [0.4, 0.5) is 0 Å². The van der Waals surface area contributed by atoms with Gasteiger partial charge in [-0.25, -0.2) is 0 Å². The molecule has 2 aromatic rings. The fourth-order valence-corrected chi connectivity index (χ4v) is 2.82. The van der Waals surface area contributed by atoms with E-state index in [9.17, 15) is 5.11 Å². The van der Waals surface area contributed by atoms with Gasteiger partial charge in [-0.1, -0.05) is 24.3 Å². The van der Waals surface area contributed by atoms with Crippen molar-refractivity contribution in [3.63, 3.8) is 0 Å². The lowest BCUT2D eigenvalue weighted by Gasteiger charge is -2.18. The van der Waals surface area contributed by atoms with Crippen molar-refractivity contribution in [1.29, 1.82) is 0 Å². The summed E-state index contributed by atoms with van der Waals surface area (Å²) in [5, 5.41) is 9.79. The first-order valence-electron chi connectivity index (χ1n) is 7.30. The van der Waals surface area contributed by atoms with Gasteiger partial charge in [0.1, 0.15) is 11.5 Å². The van der Waals surface area contributed by atoms with Crippen molar-refractivity contribution in [1.82, 2.24) is 0 Å². The Morgan fingerprint density at radius 1 is 1.00 bits per heavy atom. The molecule has 1 aliphatic carbocycles. The van der Waals surface area contributed by atoms with Crippen molar-refractivity contribution >= 4 is 0 Å². The molecule has 2 nitrogen and oxygen atoms in total. The Labute approximate surface area is 120 Å². The molecular formula is C18H20O2. The number of hydrogen-bond donors (Lipinski definition) is 1. The van der Waals surface area contributed by atoms with Gasteiger partial charge < -0.3 is 9.84 Å². The van der Waals surface area contributed by atoms with Gasteiger partial charge in [0.25, 0.3) is 0 Å². The molecule has 0 fully saturated rings. The third-order valence-electron chi connectivity index (χ3n) is 3.92. The molecule has 0 saturated carbocycles. The summed E-state index contributed by atoms with van der Waals surface area (Å²) in [7, 11) is 0. The topological polar surface area (TPSA) is 29.5 Å². The summed E-state index contributed by atoms with van der Waals surface area (Å²) in [5.41, 5.74) is 3.68. The van der Waals surface area contributed by atoms with Crippen LogP contribution >= 0.6 is 0 Å². The fourth-order valence-electron chi connectivity index (χ4n) is 2.82. The van der Waals surface area contributed by atoms with Crippen LogP contribution in [0.1, 0.15) is 42.6 Å². The molecule has 0 amide bonds. The number of fused-ring (bicyclic) bond motifs is 1. The van der Waals surface area contributed by atoms with Gasteiger partial charge in [-0.05, 0) is 61.9 Å². The van der Waals surface area contributed by atoms with E-state index in [1.54, 1.807) is 6.92 Å². The zero-order valence-corrected chi connectivity index (χ0v) is 11.8. The Bertz CT molecular complexity index is 602. The first-order chi connectivity index (χ1) is 9.74. The lowest BCUT2D eigenvalue weighted by atomic mass is 9.92. The molecule has 0 bridgehead atoms. The molecule has 0 unspecified atom stereocenters. The number of aliphatic hydroxyl groups is 1. The van der Waals surface area contributed by atoms with Crippen LogP contribution in [0.2, 0.25) is 0 Å². The molecule has 1 atom stereocenters. The molecule has 0 spiro atoms.